The maximum Gasteiger partial charge on any atom is 0.393 e. The number of rotatable bonds is 10. The number of likely N-dealkylation sites (tertiary alicyclic amines) is 1. The van der Waals surface area contributed by atoms with Crippen LogP contribution in [0.5, 0.6) is 0 Å². The summed E-state index contributed by atoms with van der Waals surface area (Å²) in [5.41, 5.74) is 10.9. The van der Waals surface area contributed by atoms with Crippen molar-refractivity contribution >= 4 is 41.3 Å². The number of benzene rings is 2. The van der Waals surface area contributed by atoms with Crippen LogP contribution >= 0.6 is 0 Å². The SMILES string of the molecule is C=CC=O.CCn1c(-c2cccnc2C(C)OC)c2c3cc(ccc31)-c1cccc(c1)CC(NC(=O)C(C(C)C)N(C)C)C(=O)N1CCC[C@H](N1)C(=O)OCC(C)(C)C2.CN1CC(C=O)C(C(F)(F)F)C1. The number of hydrogen-bond acceptors (Lipinski definition) is 11. The predicted molar refractivity (Wildman–Crippen MR) is 269 cm³/mol. The molecular weight excluding hydrogens is 916 g/mol. The summed E-state index contributed by atoms with van der Waals surface area (Å²) >= 11 is 0. The third-order valence-corrected chi connectivity index (χ3v) is 13.3. The van der Waals surface area contributed by atoms with Crippen molar-refractivity contribution < 1.29 is 46.6 Å². The molecule has 14 nitrogen and oxygen atoms in total. The van der Waals surface area contributed by atoms with Crippen LogP contribution in [0, 0.1) is 23.2 Å². The van der Waals surface area contributed by atoms with Crippen molar-refractivity contribution in [3.8, 4) is 22.4 Å². The second kappa shape index (κ2) is 24.6. The van der Waals surface area contributed by atoms with E-state index in [4.69, 9.17) is 19.3 Å². The number of nitrogens with zero attached hydrogens (tertiary/aromatic N) is 5. The molecule has 5 unspecified atom stereocenters. The first-order valence-electron chi connectivity index (χ1n) is 24.3. The van der Waals surface area contributed by atoms with E-state index in [1.54, 1.807) is 14.2 Å². The number of fused-ring (bicyclic) bond motifs is 6. The van der Waals surface area contributed by atoms with E-state index in [1.165, 1.54) is 16.0 Å². The Balaban J connectivity index is 0.000000500. The highest BCUT2D eigenvalue weighted by atomic mass is 19.4. The van der Waals surface area contributed by atoms with Crippen LogP contribution in [0.3, 0.4) is 0 Å². The van der Waals surface area contributed by atoms with E-state index in [1.807, 2.05) is 64.2 Å². The van der Waals surface area contributed by atoms with Gasteiger partial charge in [-0.3, -0.25) is 34.1 Å². The average molecular weight is 988 g/mol. The summed E-state index contributed by atoms with van der Waals surface area (Å²) in [7, 11) is 7.04. The molecule has 6 bridgehead atoms. The van der Waals surface area contributed by atoms with Crippen molar-refractivity contribution in [2.24, 2.45) is 23.2 Å². The van der Waals surface area contributed by atoms with Gasteiger partial charge in [0.25, 0.3) is 5.91 Å². The highest BCUT2D eigenvalue weighted by molar-refractivity contribution is 5.95. The molecule has 17 heteroatoms. The van der Waals surface area contributed by atoms with Crippen molar-refractivity contribution in [1.29, 1.82) is 0 Å². The maximum atomic E-state index is 14.3. The Morgan fingerprint density at radius 3 is 2.38 bits per heavy atom. The predicted octanol–water partition coefficient (Wildman–Crippen LogP) is 7.63. The van der Waals surface area contributed by atoms with Crippen LogP contribution in [-0.2, 0) is 52.8 Å². The summed E-state index contributed by atoms with van der Waals surface area (Å²) in [5, 5.41) is 5.73. The number of carbonyl (C=O) groups is 5. The summed E-state index contributed by atoms with van der Waals surface area (Å²) in [6.07, 6.45) is 1.66. The van der Waals surface area contributed by atoms with Gasteiger partial charge in [0, 0.05) is 73.7 Å². The van der Waals surface area contributed by atoms with Gasteiger partial charge in [-0.1, -0.05) is 64.6 Å². The Morgan fingerprint density at radius 2 is 1.77 bits per heavy atom. The first-order valence-corrected chi connectivity index (χ1v) is 24.3. The third-order valence-electron chi connectivity index (χ3n) is 13.3. The van der Waals surface area contributed by atoms with Gasteiger partial charge in [0.1, 0.15) is 24.7 Å². The number of amides is 2. The molecule has 0 radical (unpaired) electrons. The van der Waals surface area contributed by atoms with Crippen LogP contribution in [0.2, 0.25) is 0 Å². The fraction of sp³-hybridized carbons (Fsp3) is 0.519. The molecular formula is C54H72F3N7O7. The lowest BCUT2D eigenvalue weighted by molar-refractivity contribution is -0.180. The van der Waals surface area contributed by atoms with Gasteiger partial charge < -0.3 is 29.1 Å². The first-order chi connectivity index (χ1) is 33.6. The molecule has 2 aromatic carbocycles. The number of esters is 1. The van der Waals surface area contributed by atoms with E-state index >= 15 is 0 Å². The number of aldehydes is 2. The van der Waals surface area contributed by atoms with E-state index in [-0.39, 0.29) is 50.0 Å². The van der Waals surface area contributed by atoms with E-state index in [2.05, 4.69) is 79.1 Å². The number of hydrazine groups is 1. The van der Waals surface area contributed by atoms with Crippen molar-refractivity contribution in [1.82, 2.24) is 35.1 Å². The second-order valence-electron chi connectivity index (χ2n) is 20.0. The normalized spacial score (nSPS) is 21.5. The molecule has 3 aliphatic rings. The zero-order valence-corrected chi connectivity index (χ0v) is 42.8. The minimum absolute atomic E-state index is 0.0279. The number of hydrogen-bond donors (Lipinski definition) is 2. The molecule has 2 aromatic heterocycles. The van der Waals surface area contributed by atoms with Crippen molar-refractivity contribution in [2.45, 2.75) is 104 Å². The van der Waals surface area contributed by atoms with E-state index in [0.717, 1.165) is 56.7 Å². The number of methoxy groups -OCH3 is 1. The molecule has 2 N–H and O–H groups in total. The van der Waals surface area contributed by atoms with Crippen molar-refractivity contribution in [3.63, 3.8) is 0 Å². The van der Waals surface area contributed by atoms with Crippen LogP contribution in [0.25, 0.3) is 33.3 Å². The molecule has 0 aliphatic carbocycles. The van der Waals surface area contributed by atoms with E-state index < -0.39 is 47.5 Å². The molecule has 7 rings (SSSR count). The zero-order chi connectivity index (χ0) is 52.4. The number of nitrogens with one attached hydrogen (secondary N) is 2. The minimum Gasteiger partial charge on any atom is -0.464 e. The molecule has 2 fully saturated rings. The summed E-state index contributed by atoms with van der Waals surface area (Å²) < 4.78 is 50.8. The summed E-state index contributed by atoms with van der Waals surface area (Å²) in [6, 6.07) is 17.0. The lowest BCUT2D eigenvalue weighted by atomic mass is 9.84. The van der Waals surface area contributed by atoms with Gasteiger partial charge in [0.2, 0.25) is 5.91 Å². The number of cyclic esters (lactones) is 1. The van der Waals surface area contributed by atoms with Crippen LogP contribution < -0.4 is 10.7 Å². The highest BCUT2D eigenvalue weighted by Crippen LogP contribution is 2.42. The average Bonchev–Trinajstić information content (AvgIpc) is 3.88. The molecule has 0 saturated carbocycles. The largest absolute Gasteiger partial charge is 0.464 e. The number of carbonyl (C=O) groups excluding carboxylic acids is 5. The Bertz CT molecular complexity index is 2490. The van der Waals surface area contributed by atoms with Gasteiger partial charge >= 0.3 is 12.1 Å². The van der Waals surface area contributed by atoms with Gasteiger partial charge in [0.15, 0.2) is 0 Å². The number of alkyl halides is 3. The van der Waals surface area contributed by atoms with Crippen LogP contribution in [0.4, 0.5) is 13.2 Å². The fourth-order valence-corrected chi connectivity index (χ4v) is 9.89. The van der Waals surface area contributed by atoms with Crippen LogP contribution in [0.1, 0.15) is 77.3 Å². The smallest absolute Gasteiger partial charge is 0.393 e. The van der Waals surface area contributed by atoms with Crippen LogP contribution in [0.15, 0.2) is 73.4 Å². The Kier molecular flexibility index (Phi) is 19.4. The van der Waals surface area contributed by atoms with Crippen LogP contribution in [-0.4, -0.2) is 134 Å². The summed E-state index contributed by atoms with van der Waals surface area (Å²) in [5.74, 6) is -3.21. The third kappa shape index (κ3) is 13.8. The van der Waals surface area contributed by atoms with Gasteiger partial charge in [-0.15, -0.1) is 0 Å². The van der Waals surface area contributed by atoms with Crippen molar-refractivity contribution in [3.05, 3.63) is 90.3 Å². The molecule has 2 saturated heterocycles. The second-order valence-corrected chi connectivity index (χ2v) is 20.0. The Morgan fingerprint density at radius 1 is 1.07 bits per heavy atom. The number of allylic oxidation sites excluding steroid dienone is 1. The molecule has 4 aromatic rings. The summed E-state index contributed by atoms with van der Waals surface area (Å²) in [4.78, 5) is 69.4. The minimum atomic E-state index is -4.24. The van der Waals surface area contributed by atoms with E-state index in [0.29, 0.717) is 38.4 Å². The lowest BCUT2D eigenvalue weighted by Crippen LogP contribution is -2.61. The highest BCUT2D eigenvalue weighted by Gasteiger charge is 2.48. The molecule has 3 aliphatic heterocycles. The molecule has 6 atom stereocenters. The van der Waals surface area contributed by atoms with Gasteiger partial charge in [0.05, 0.1) is 36.1 Å². The Hall–Kier alpha value is -5.75. The number of ether oxygens (including phenoxy) is 2. The topological polar surface area (TPSA) is 155 Å². The Labute approximate surface area is 416 Å². The number of pyridine rings is 1. The lowest BCUT2D eigenvalue weighted by Gasteiger charge is -2.36. The molecule has 71 heavy (non-hydrogen) atoms. The monoisotopic (exact) mass is 988 g/mol. The maximum absolute atomic E-state index is 14.3. The van der Waals surface area contributed by atoms with Gasteiger partial charge in [-0.05, 0) is 113 Å². The number of aromatic nitrogens is 2. The molecule has 5 heterocycles. The molecule has 2 amide bonds. The molecule has 386 valence electrons. The summed E-state index contributed by atoms with van der Waals surface area (Å²) in [6.45, 7) is 17.0. The number of aryl methyl sites for hydroxylation is 1. The number of likely N-dealkylation sites (N-methyl/N-ethyl adjacent to an activating group) is 1. The van der Waals surface area contributed by atoms with Crippen molar-refractivity contribution in [2.75, 3.05) is 54.5 Å². The standard InChI is InChI=1S/C44H58N6O5.C7H10F3NO.C3H4O/c1-10-49-37-19-18-31-24-33(37)34(40(49)32-16-12-20-45-38(32)28(4)54-9)25-44(5,6)26-55-43(53)35-17-13-21-50(47-35)42(52)36(23-29-14-11-15-30(31)22-29)46-41(51)39(27(2)3)48(7)8;1-11-2-5(4-12)6(3-11)7(8,9)10;1-2-3-4/h11-12,14-16,18-20,22,24,27-28,35-36,39,47H,10,13,17,21,23,25-26H2,1-9H3,(H,46,51);4-6H,2-3H2,1H3;2-3H,1H2/t28?,35-,36?,39?;;/m0../s1. The fourth-order valence-electron chi connectivity index (χ4n) is 9.89. The quantitative estimate of drug-likeness (QED) is 0.0916. The zero-order valence-electron chi connectivity index (χ0n) is 42.8. The number of halogens is 3. The molecule has 0 spiro atoms. The van der Waals surface area contributed by atoms with E-state index in [9.17, 15) is 32.3 Å². The first kappa shape index (κ1) is 56.2. The van der Waals surface area contributed by atoms with Gasteiger partial charge in [-0.2, -0.15) is 13.2 Å². The van der Waals surface area contributed by atoms with Gasteiger partial charge in [-0.25, -0.2) is 5.43 Å².